The van der Waals surface area contributed by atoms with E-state index in [9.17, 15) is 9.59 Å². The number of esters is 1. The van der Waals surface area contributed by atoms with Gasteiger partial charge in [0.1, 0.15) is 12.1 Å². The van der Waals surface area contributed by atoms with Crippen molar-refractivity contribution in [2.75, 3.05) is 25.0 Å². The number of carbonyl (C=O) groups excluding carboxylic acids is 2. The van der Waals surface area contributed by atoms with Crippen molar-refractivity contribution in [2.45, 2.75) is 45.8 Å². The quantitative estimate of drug-likeness (QED) is 0.288. The highest BCUT2D eigenvalue weighted by molar-refractivity contribution is 14.0. The lowest BCUT2D eigenvalue weighted by Gasteiger charge is -2.20. The maximum Gasteiger partial charge on any atom is 0.325 e. The second-order valence-electron chi connectivity index (χ2n) is 7.18. The van der Waals surface area contributed by atoms with Gasteiger partial charge in [0.05, 0.1) is 0 Å². The van der Waals surface area contributed by atoms with Crippen LogP contribution in [0.3, 0.4) is 0 Å². The summed E-state index contributed by atoms with van der Waals surface area (Å²) in [5, 5.41) is 6.09. The highest BCUT2D eigenvalue weighted by Gasteiger charge is 2.21. The molecule has 1 aliphatic rings. The molecule has 1 heterocycles. The molecule has 1 aliphatic heterocycles. The van der Waals surface area contributed by atoms with Crippen LogP contribution in [-0.4, -0.2) is 43.6 Å². The van der Waals surface area contributed by atoms with Gasteiger partial charge in [0.25, 0.3) is 0 Å². The highest BCUT2D eigenvalue weighted by atomic mass is 127. The number of ether oxygens (including phenoxy) is 1. The normalized spacial score (nSPS) is 14.6. The number of amides is 1. The maximum absolute atomic E-state index is 11.8. The molecule has 2 N–H and O–H groups in total. The topological polar surface area (TPSA) is 83.0 Å². The fraction of sp³-hybridized carbons (Fsp3) is 0.526. The number of guanidine groups is 1. The molecule has 0 aromatic heterocycles. The minimum atomic E-state index is -0.506. The molecule has 1 fully saturated rings. The van der Waals surface area contributed by atoms with Gasteiger partial charge in [-0.1, -0.05) is 12.1 Å². The molecular weight excluding hydrogens is 459 g/mol. The van der Waals surface area contributed by atoms with Gasteiger partial charge >= 0.3 is 5.97 Å². The third kappa shape index (κ3) is 7.74. The first-order chi connectivity index (χ1) is 12.3. The number of hydrogen-bond donors (Lipinski definition) is 2. The van der Waals surface area contributed by atoms with E-state index in [1.54, 1.807) is 7.05 Å². The molecule has 1 saturated heterocycles. The molecule has 0 unspecified atom stereocenters. The second kappa shape index (κ2) is 10.5. The van der Waals surface area contributed by atoms with Crippen molar-refractivity contribution in [1.29, 1.82) is 0 Å². The van der Waals surface area contributed by atoms with Crippen LogP contribution >= 0.6 is 24.0 Å². The summed E-state index contributed by atoms with van der Waals surface area (Å²) < 4.78 is 5.25. The van der Waals surface area contributed by atoms with E-state index in [-0.39, 0.29) is 42.4 Å². The van der Waals surface area contributed by atoms with Crippen LogP contribution in [0.15, 0.2) is 29.3 Å². The Hall–Kier alpha value is -1.84. The number of carbonyl (C=O) groups is 2. The second-order valence-corrected chi connectivity index (χ2v) is 7.18. The fourth-order valence-corrected chi connectivity index (χ4v) is 2.65. The molecule has 0 bridgehead atoms. The van der Waals surface area contributed by atoms with E-state index in [0.29, 0.717) is 18.9 Å². The van der Waals surface area contributed by atoms with Crippen LogP contribution in [0.25, 0.3) is 0 Å². The number of nitrogens with one attached hydrogen (secondary N) is 2. The van der Waals surface area contributed by atoms with Crippen LogP contribution in [0.2, 0.25) is 0 Å². The zero-order valence-corrected chi connectivity index (χ0v) is 18.7. The van der Waals surface area contributed by atoms with Gasteiger partial charge in [-0.2, -0.15) is 0 Å². The Kier molecular flexibility index (Phi) is 9.01. The van der Waals surface area contributed by atoms with E-state index >= 15 is 0 Å². The lowest BCUT2D eigenvalue weighted by molar-refractivity contribution is -0.153. The van der Waals surface area contributed by atoms with Gasteiger partial charge in [-0.15, -0.1) is 24.0 Å². The molecule has 1 aromatic carbocycles. The van der Waals surface area contributed by atoms with Crippen molar-refractivity contribution in [3.8, 4) is 0 Å². The lowest BCUT2D eigenvalue weighted by atomic mass is 10.2. The average molecular weight is 488 g/mol. The molecular formula is C19H29IN4O3. The first-order valence-electron chi connectivity index (χ1n) is 8.84. The van der Waals surface area contributed by atoms with Gasteiger partial charge in [-0.25, -0.2) is 0 Å². The highest BCUT2D eigenvalue weighted by Crippen LogP contribution is 2.21. The maximum atomic E-state index is 11.8. The first kappa shape index (κ1) is 23.2. The van der Waals surface area contributed by atoms with Gasteiger partial charge in [-0.3, -0.25) is 14.6 Å². The molecule has 8 heteroatoms. The fourth-order valence-electron chi connectivity index (χ4n) is 2.65. The molecule has 0 spiro atoms. The van der Waals surface area contributed by atoms with Crippen LogP contribution in [0.5, 0.6) is 0 Å². The zero-order valence-electron chi connectivity index (χ0n) is 16.4. The van der Waals surface area contributed by atoms with Crippen molar-refractivity contribution in [1.82, 2.24) is 10.6 Å². The molecule has 0 saturated carbocycles. The lowest BCUT2D eigenvalue weighted by Crippen LogP contribution is -2.41. The van der Waals surface area contributed by atoms with E-state index < -0.39 is 5.60 Å². The van der Waals surface area contributed by atoms with Crippen molar-refractivity contribution >= 4 is 47.5 Å². The molecule has 0 aliphatic carbocycles. The molecule has 7 nitrogen and oxygen atoms in total. The third-order valence-corrected chi connectivity index (χ3v) is 3.83. The Morgan fingerprint density at radius 1 is 1.22 bits per heavy atom. The number of hydrogen-bond acceptors (Lipinski definition) is 4. The number of halogens is 1. The predicted octanol–water partition coefficient (Wildman–Crippen LogP) is 2.44. The predicted molar refractivity (Wildman–Crippen MR) is 117 cm³/mol. The van der Waals surface area contributed by atoms with Crippen molar-refractivity contribution in [3.05, 3.63) is 29.8 Å². The van der Waals surface area contributed by atoms with Crippen LogP contribution < -0.4 is 15.5 Å². The number of benzene rings is 1. The number of rotatable bonds is 5. The van der Waals surface area contributed by atoms with Crippen LogP contribution in [0.4, 0.5) is 5.69 Å². The van der Waals surface area contributed by atoms with Gasteiger partial charge in [-0.05, 0) is 44.9 Å². The van der Waals surface area contributed by atoms with Gasteiger partial charge < -0.3 is 20.3 Å². The smallest absolute Gasteiger partial charge is 0.325 e. The molecule has 0 radical (unpaired) electrons. The first-order valence-corrected chi connectivity index (χ1v) is 8.84. The molecule has 150 valence electrons. The van der Waals surface area contributed by atoms with Gasteiger partial charge in [0.15, 0.2) is 5.96 Å². The van der Waals surface area contributed by atoms with Crippen molar-refractivity contribution in [3.63, 3.8) is 0 Å². The number of anilines is 1. The zero-order chi connectivity index (χ0) is 19.2. The van der Waals surface area contributed by atoms with E-state index in [1.165, 1.54) is 0 Å². The van der Waals surface area contributed by atoms with Crippen molar-refractivity contribution < 1.29 is 14.3 Å². The molecule has 2 rings (SSSR count). The standard InChI is InChI=1S/C19H28N4O3.HI/c1-19(2,3)26-17(25)13-22-18(20-4)21-12-14-7-9-15(10-8-14)23-11-5-6-16(23)24;/h7-10H,5-6,11-13H2,1-4H3,(H2,20,21,22);1H. The summed E-state index contributed by atoms with van der Waals surface area (Å²) in [4.78, 5) is 29.4. The Morgan fingerprint density at radius 3 is 2.41 bits per heavy atom. The van der Waals surface area contributed by atoms with E-state index in [4.69, 9.17) is 4.74 Å². The van der Waals surface area contributed by atoms with Crippen LogP contribution in [0.1, 0.15) is 39.2 Å². The monoisotopic (exact) mass is 488 g/mol. The van der Waals surface area contributed by atoms with Crippen LogP contribution in [-0.2, 0) is 20.9 Å². The number of nitrogens with zero attached hydrogens (tertiary/aromatic N) is 2. The van der Waals surface area contributed by atoms with E-state index in [1.807, 2.05) is 49.9 Å². The van der Waals surface area contributed by atoms with E-state index in [2.05, 4.69) is 15.6 Å². The summed E-state index contributed by atoms with van der Waals surface area (Å²) in [7, 11) is 1.65. The van der Waals surface area contributed by atoms with Crippen molar-refractivity contribution in [2.24, 2.45) is 4.99 Å². The SMILES string of the molecule is CN=C(NCC(=O)OC(C)(C)C)NCc1ccc(N2CCCC2=O)cc1.I. The summed E-state index contributed by atoms with van der Waals surface area (Å²) >= 11 is 0. The summed E-state index contributed by atoms with van der Waals surface area (Å²) in [6.07, 6.45) is 1.55. The average Bonchev–Trinajstić information content (AvgIpc) is 3.00. The molecule has 1 amide bonds. The van der Waals surface area contributed by atoms with Crippen LogP contribution in [0, 0.1) is 0 Å². The minimum absolute atomic E-state index is 0. The Bertz CT molecular complexity index is 669. The Labute approximate surface area is 178 Å². The van der Waals surface area contributed by atoms with Gasteiger partial charge in [0, 0.05) is 32.2 Å². The molecule has 0 atom stereocenters. The van der Waals surface area contributed by atoms with Gasteiger partial charge in [0.2, 0.25) is 5.91 Å². The summed E-state index contributed by atoms with van der Waals surface area (Å²) in [5.74, 6) is 0.373. The largest absolute Gasteiger partial charge is 0.459 e. The summed E-state index contributed by atoms with van der Waals surface area (Å²) in [6, 6.07) is 7.87. The Balaban J connectivity index is 0.00000364. The Morgan fingerprint density at radius 2 is 1.89 bits per heavy atom. The molecule has 1 aromatic rings. The number of aliphatic imine (C=N–C) groups is 1. The molecule has 27 heavy (non-hydrogen) atoms. The minimum Gasteiger partial charge on any atom is -0.459 e. The van der Waals surface area contributed by atoms with E-state index in [0.717, 1.165) is 24.2 Å². The summed E-state index contributed by atoms with van der Waals surface area (Å²) in [6.45, 7) is 6.89. The third-order valence-electron chi connectivity index (χ3n) is 3.83. The summed E-state index contributed by atoms with van der Waals surface area (Å²) in [5.41, 5.74) is 1.48.